The Morgan fingerprint density at radius 2 is 1.68 bits per heavy atom. The van der Waals surface area contributed by atoms with E-state index in [4.69, 9.17) is 37.7 Å². The molecule has 0 unspecified atom stereocenters. The third-order valence-corrected chi connectivity index (χ3v) is 7.15. The largest absolute Gasteiger partial charge is 0.489 e. The Morgan fingerprint density at radius 3 is 2.42 bits per heavy atom. The minimum atomic E-state index is -0.434. The van der Waals surface area contributed by atoms with Crippen molar-refractivity contribution in [2.75, 3.05) is 7.11 Å². The molecular weight excluding hydrogens is 519 g/mol. The zero-order valence-electron chi connectivity index (χ0n) is 21.3. The number of carbonyl (C=O) groups excluding carboxylic acids is 1. The molecule has 0 radical (unpaired) electrons. The minimum Gasteiger partial charge on any atom is -0.489 e. The molecule has 0 aliphatic heterocycles. The van der Waals surface area contributed by atoms with Gasteiger partial charge in [0.1, 0.15) is 18.2 Å². The van der Waals surface area contributed by atoms with Crippen molar-refractivity contribution >= 4 is 40.2 Å². The van der Waals surface area contributed by atoms with Crippen molar-refractivity contribution in [1.82, 2.24) is 9.55 Å². The molecule has 7 heteroatoms. The molecule has 0 fully saturated rings. The monoisotopic (exact) mass is 544 g/mol. The van der Waals surface area contributed by atoms with Crippen LogP contribution in [0.1, 0.15) is 32.9 Å². The number of rotatable bonds is 7. The van der Waals surface area contributed by atoms with Crippen LogP contribution in [0, 0.1) is 13.8 Å². The van der Waals surface area contributed by atoms with Gasteiger partial charge in [0, 0.05) is 21.7 Å². The molecule has 0 amide bonds. The highest BCUT2D eigenvalue weighted by molar-refractivity contribution is 6.31. The van der Waals surface area contributed by atoms with Crippen LogP contribution in [0.2, 0.25) is 10.0 Å². The number of aryl methyl sites for hydroxylation is 2. The van der Waals surface area contributed by atoms with Crippen LogP contribution < -0.4 is 4.74 Å². The summed E-state index contributed by atoms with van der Waals surface area (Å²) in [5.41, 5.74) is 7.11. The molecule has 0 N–H and O–H groups in total. The summed E-state index contributed by atoms with van der Waals surface area (Å²) in [5.74, 6) is 1.11. The molecule has 0 bridgehead atoms. The summed E-state index contributed by atoms with van der Waals surface area (Å²) in [4.78, 5) is 17.0. The quantitative estimate of drug-likeness (QED) is 0.194. The highest BCUT2D eigenvalue weighted by Gasteiger charge is 2.16. The maximum Gasteiger partial charge on any atom is 0.338 e. The number of carbonyl (C=O) groups is 1. The van der Waals surface area contributed by atoms with Crippen LogP contribution in [-0.2, 0) is 17.9 Å². The molecule has 0 aliphatic carbocycles. The smallest absolute Gasteiger partial charge is 0.338 e. The van der Waals surface area contributed by atoms with Gasteiger partial charge in [-0.3, -0.25) is 0 Å². The van der Waals surface area contributed by atoms with Crippen molar-refractivity contribution < 1.29 is 14.3 Å². The standard InChI is InChI=1S/C31H26Cl2N2O3/c1-19-13-26(38-18-24-14-25(32)11-12-27(24)31(36)37-3)16-29-30(19)34-20(2)35(29)17-23-10-9-22(15-28(23)33)21-7-5-4-6-8-21/h4-16H,17-18H2,1-3H3. The van der Waals surface area contributed by atoms with Gasteiger partial charge >= 0.3 is 5.97 Å². The fraction of sp³-hybridized carbons (Fsp3) is 0.161. The third kappa shape index (κ3) is 5.26. The number of hydrogen-bond donors (Lipinski definition) is 0. The molecule has 38 heavy (non-hydrogen) atoms. The van der Waals surface area contributed by atoms with Gasteiger partial charge in [0.05, 0.1) is 30.3 Å². The zero-order valence-corrected chi connectivity index (χ0v) is 22.8. The van der Waals surface area contributed by atoms with E-state index in [1.54, 1.807) is 18.2 Å². The normalized spacial score (nSPS) is 11.1. The molecule has 5 rings (SSSR count). The van der Waals surface area contributed by atoms with Crippen molar-refractivity contribution in [3.05, 3.63) is 117 Å². The molecule has 0 atom stereocenters. The van der Waals surface area contributed by atoms with Crippen LogP contribution in [0.3, 0.4) is 0 Å². The van der Waals surface area contributed by atoms with Gasteiger partial charge in [0.15, 0.2) is 0 Å². The summed E-state index contributed by atoms with van der Waals surface area (Å²) in [7, 11) is 1.35. The predicted molar refractivity (Wildman–Crippen MR) is 152 cm³/mol. The fourth-order valence-electron chi connectivity index (χ4n) is 4.57. The number of imidazole rings is 1. The number of fused-ring (bicyclic) bond motifs is 1. The lowest BCUT2D eigenvalue weighted by Gasteiger charge is -2.13. The van der Waals surface area contributed by atoms with E-state index in [0.29, 0.717) is 33.5 Å². The first-order valence-corrected chi connectivity index (χ1v) is 12.9. The lowest BCUT2D eigenvalue weighted by Crippen LogP contribution is -2.08. The molecule has 1 heterocycles. The summed E-state index contributed by atoms with van der Waals surface area (Å²) in [6.07, 6.45) is 0. The van der Waals surface area contributed by atoms with Crippen molar-refractivity contribution in [3.8, 4) is 16.9 Å². The van der Waals surface area contributed by atoms with Gasteiger partial charge in [0.2, 0.25) is 0 Å². The molecular formula is C31H26Cl2N2O3. The summed E-state index contributed by atoms with van der Waals surface area (Å²) in [6.45, 7) is 4.73. The molecule has 0 saturated carbocycles. The first-order valence-electron chi connectivity index (χ1n) is 12.1. The molecule has 192 valence electrons. The number of ether oxygens (including phenoxy) is 2. The molecule has 5 aromatic rings. The Hall–Kier alpha value is -3.80. The Labute approximate surface area is 231 Å². The van der Waals surface area contributed by atoms with Crippen LogP contribution >= 0.6 is 23.2 Å². The van der Waals surface area contributed by atoms with E-state index in [2.05, 4.69) is 28.8 Å². The average molecular weight is 545 g/mol. The second kappa shape index (κ2) is 10.9. The van der Waals surface area contributed by atoms with Gasteiger partial charge in [0.25, 0.3) is 0 Å². The lowest BCUT2D eigenvalue weighted by molar-refractivity contribution is 0.0597. The average Bonchev–Trinajstić information content (AvgIpc) is 3.24. The van der Waals surface area contributed by atoms with Gasteiger partial charge in [-0.25, -0.2) is 9.78 Å². The van der Waals surface area contributed by atoms with E-state index in [-0.39, 0.29) is 6.61 Å². The molecule has 5 nitrogen and oxygen atoms in total. The Morgan fingerprint density at radius 1 is 0.895 bits per heavy atom. The topological polar surface area (TPSA) is 53.4 Å². The van der Waals surface area contributed by atoms with Gasteiger partial charge in [-0.05, 0) is 66.4 Å². The Kier molecular flexibility index (Phi) is 7.41. The zero-order chi connectivity index (χ0) is 26.8. The molecule has 0 saturated heterocycles. The van der Waals surface area contributed by atoms with Crippen molar-refractivity contribution in [2.24, 2.45) is 0 Å². The molecule has 0 spiro atoms. The van der Waals surface area contributed by atoms with Crippen molar-refractivity contribution in [3.63, 3.8) is 0 Å². The van der Waals surface area contributed by atoms with E-state index in [1.807, 2.05) is 50.2 Å². The van der Waals surface area contributed by atoms with Gasteiger partial charge < -0.3 is 14.0 Å². The van der Waals surface area contributed by atoms with E-state index in [9.17, 15) is 4.79 Å². The number of nitrogens with zero attached hydrogens (tertiary/aromatic N) is 2. The maximum absolute atomic E-state index is 12.2. The van der Waals surface area contributed by atoms with Gasteiger partial charge in [-0.2, -0.15) is 0 Å². The molecule has 4 aromatic carbocycles. The predicted octanol–water partition coefficient (Wildman–Crippen LogP) is 8.04. The van der Waals surface area contributed by atoms with Gasteiger partial charge in [-0.1, -0.05) is 65.7 Å². The second-order valence-electron chi connectivity index (χ2n) is 9.11. The van der Waals surface area contributed by atoms with E-state index < -0.39 is 5.97 Å². The number of aromatic nitrogens is 2. The summed E-state index contributed by atoms with van der Waals surface area (Å²) < 4.78 is 13.2. The number of benzene rings is 4. The summed E-state index contributed by atoms with van der Waals surface area (Å²) in [5, 5.41) is 1.22. The van der Waals surface area contributed by atoms with E-state index >= 15 is 0 Å². The number of hydrogen-bond acceptors (Lipinski definition) is 4. The highest BCUT2D eigenvalue weighted by atomic mass is 35.5. The van der Waals surface area contributed by atoms with E-state index in [1.165, 1.54) is 7.11 Å². The lowest BCUT2D eigenvalue weighted by atomic mass is 10.0. The van der Waals surface area contributed by atoms with Crippen LogP contribution in [-0.4, -0.2) is 22.6 Å². The highest BCUT2D eigenvalue weighted by Crippen LogP contribution is 2.30. The fourth-order valence-corrected chi connectivity index (χ4v) is 5.00. The molecule has 0 aliphatic rings. The van der Waals surface area contributed by atoms with E-state index in [0.717, 1.165) is 39.1 Å². The van der Waals surface area contributed by atoms with Crippen molar-refractivity contribution in [2.45, 2.75) is 27.0 Å². The number of halogens is 2. The summed E-state index contributed by atoms with van der Waals surface area (Å²) in [6, 6.07) is 25.3. The summed E-state index contributed by atoms with van der Waals surface area (Å²) >= 11 is 12.9. The Balaban J connectivity index is 1.44. The van der Waals surface area contributed by atoms with Crippen LogP contribution in [0.15, 0.2) is 78.9 Å². The minimum absolute atomic E-state index is 0.163. The second-order valence-corrected chi connectivity index (χ2v) is 9.95. The van der Waals surface area contributed by atoms with Crippen LogP contribution in [0.5, 0.6) is 5.75 Å². The van der Waals surface area contributed by atoms with Gasteiger partial charge in [-0.15, -0.1) is 0 Å². The number of methoxy groups -OCH3 is 1. The first-order chi connectivity index (χ1) is 18.3. The molecule has 1 aromatic heterocycles. The van der Waals surface area contributed by atoms with Crippen molar-refractivity contribution in [1.29, 1.82) is 0 Å². The SMILES string of the molecule is COC(=O)c1ccc(Cl)cc1COc1cc(C)c2nc(C)n(Cc3ccc(-c4ccccc4)cc3Cl)c2c1. The maximum atomic E-state index is 12.2. The Bertz CT molecular complexity index is 1640. The number of esters is 1. The first kappa shape index (κ1) is 25.8. The van der Waals surface area contributed by atoms with Crippen LogP contribution in [0.4, 0.5) is 0 Å². The third-order valence-electron chi connectivity index (χ3n) is 6.56. The van der Waals surface area contributed by atoms with Crippen LogP contribution in [0.25, 0.3) is 22.2 Å².